The average molecular weight is 235 g/mol. The molecule has 0 aliphatic carbocycles. The van der Waals surface area contributed by atoms with E-state index in [0.717, 1.165) is 37.3 Å². The summed E-state index contributed by atoms with van der Waals surface area (Å²) < 4.78 is 0. The third-order valence-corrected chi connectivity index (χ3v) is 3.51. The predicted molar refractivity (Wildman–Crippen MR) is 65.4 cm³/mol. The molecule has 3 heterocycles. The lowest BCUT2D eigenvalue weighted by molar-refractivity contribution is 0.247. The number of anilines is 1. The summed E-state index contributed by atoms with van der Waals surface area (Å²) in [5.74, 6) is 0.678. The third kappa shape index (κ3) is 1.67. The number of hydrogen-bond acceptors (Lipinski definition) is 6. The zero-order chi connectivity index (χ0) is 11.9. The van der Waals surface area contributed by atoms with Crippen molar-refractivity contribution >= 4 is 11.7 Å². The topological polar surface area (TPSA) is 117 Å². The Bertz CT molecular complexity index is 445. The van der Waals surface area contributed by atoms with E-state index in [0.29, 0.717) is 5.84 Å². The van der Waals surface area contributed by atoms with Crippen LogP contribution in [0.2, 0.25) is 0 Å². The first-order chi connectivity index (χ1) is 8.19. The average Bonchev–Trinajstić information content (AvgIpc) is 2.78. The largest absolute Gasteiger partial charge is 0.383 e. The van der Waals surface area contributed by atoms with Crippen molar-refractivity contribution in [3.05, 3.63) is 11.8 Å². The Labute approximate surface area is 99.0 Å². The molecule has 92 valence electrons. The number of H-pyrrole nitrogens is 1. The molecule has 7 heteroatoms. The van der Waals surface area contributed by atoms with Crippen LogP contribution in [0.5, 0.6) is 0 Å². The van der Waals surface area contributed by atoms with Crippen molar-refractivity contribution in [3.63, 3.8) is 0 Å². The molecule has 2 aliphatic rings. The quantitative estimate of drug-likeness (QED) is 0.435. The molecule has 1 fully saturated rings. The molecule has 7 N–H and O–H groups in total. The lowest BCUT2D eigenvalue weighted by Crippen LogP contribution is -2.57. The zero-order valence-corrected chi connectivity index (χ0v) is 9.53. The fourth-order valence-corrected chi connectivity index (χ4v) is 2.52. The van der Waals surface area contributed by atoms with Crippen LogP contribution in [0.15, 0.2) is 11.2 Å². The molecule has 0 bridgehead atoms. The van der Waals surface area contributed by atoms with Gasteiger partial charge < -0.3 is 16.4 Å². The summed E-state index contributed by atoms with van der Waals surface area (Å²) in [6.07, 6.45) is 3.64. The maximum atomic E-state index is 6.34. The molecule has 1 aromatic rings. The minimum Gasteiger partial charge on any atom is -0.383 e. The van der Waals surface area contributed by atoms with Crippen LogP contribution >= 0.6 is 0 Å². The van der Waals surface area contributed by atoms with Gasteiger partial charge in [-0.05, 0) is 25.9 Å². The first-order valence-electron chi connectivity index (χ1n) is 5.86. The van der Waals surface area contributed by atoms with Gasteiger partial charge in [0.25, 0.3) is 0 Å². The number of nitrogens with one attached hydrogen (secondary N) is 3. The van der Waals surface area contributed by atoms with Gasteiger partial charge in [-0.2, -0.15) is 5.10 Å². The Morgan fingerprint density at radius 2 is 2.12 bits per heavy atom. The molecular weight excluding hydrogens is 218 g/mol. The third-order valence-electron chi connectivity index (χ3n) is 3.51. The number of nitrogens with zero attached hydrogens (tertiary/aromatic N) is 2. The van der Waals surface area contributed by atoms with E-state index in [2.05, 4.69) is 25.8 Å². The van der Waals surface area contributed by atoms with Gasteiger partial charge in [0.2, 0.25) is 0 Å². The van der Waals surface area contributed by atoms with Crippen LogP contribution in [0.25, 0.3) is 0 Å². The van der Waals surface area contributed by atoms with Gasteiger partial charge in [0, 0.05) is 5.92 Å². The summed E-state index contributed by atoms with van der Waals surface area (Å²) in [6, 6.07) is 0. The SMILES string of the molecule is NC1=NC(N)(C2CCNCC2)Nc2[nH]ncc21. The van der Waals surface area contributed by atoms with Crippen molar-refractivity contribution < 1.29 is 0 Å². The van der Waals surface area contributed by atoms with Gasteiger partial charge in [0.05, 0.1) is 11.8 Å². The second-order valence-electron chi connectivity index (χ2n) is 4.63. The summed E-state index contributed by atoms with van der Waals surface area (Å²) >= 11 is 0. The van der Waals surface area contributed by atoms with Gasteiger partial charge in [-0.3, -0.25) is 10.8 Å². The standard InChI is InChI=1S/C10H17N7/c11-8-7-5-14-17-9(7)16-10(12,15-8)6-1-3-13-4-2-6/h5-6,13H,1-4,12H2,(H2,11,15)(H2,14,16,17). The minimum atomic E-state index is -0.814. The first-order valence-corrected chi connectivity index (χ1v) is 5.86. The highest BCUT2D eigenvalue weighted by molar-refractivity contribution is 6.03. The van der Waals surface area contributed by atoms with Gasteiger partial charge in [-0.15, -0.1) is 0 Å². The van der Waals surface area contributed by atoms with Crippen LogP contribution in [0.1, 0.15) is 18.4 Å². The summed E-state index contributed by atoms with van der Waals surface area (Å²) in [4.78, 5) is 4.42. The van der Waals surface area contributed by atoms with Crippen LogP contribution in [0.4, 0.5) is 5.82 Å². The van der Waals surface area contributed by atoms with Crippen molar-refractivity contribution in [2.24, 2.45) is 22.4 Å². The maximum Gasteiger partial charge on any atom is 0.188 e. The highest BCUT2D eigenvalue weighted by atomic mass is 15.3. The molecule has 1 saturated heterocycles. The fraction of sp³-hybridized carbons (Fsp3) is 0.600. The molecule has 0 saturated carbocycles. The molecule has 1 atom stereocenters. The number of piperidine rings is 1. The van der Waals surface area contributed by atoms with Crippen molar-refractivity contribution in [2.45, 2.75) is 18.6 Å². The summed E-state index contributed by atoms with van der Waals surface area (Å²) in [7, 11) is 0. The van der Waals surface area contributed by atoms with Crippen LogP contribution in [0.3, 0.4) is 0 Å². The maximum absolute atomic E-state index is 6.34. The number of rotatable bonds is 1. The lowest BCUT2D eigenvalue weighted by Gasteiger charge is -2.39. The fourth-order valence-electron chi connectivity index (χ4n) is 2.52. The summed E-state index contributed by atoms with van der Waals surface area (Å²) in [5.41, 5.74) is 13.1. The van der Waals surface area contributed by atoms with E-state index in [1.165, 1.54) is 0 Å². The normalized spacial score (nSPS) is 29.4. The van der Waals surface area contributed by atoms with Gasteiger partial charge in [-0.25, -0.2) is 4.99 Å². The van der Waals surface area contributed by atoms with Crippen LogP contribution < -0.4 is 22.1 Å². The number of aromatic amines is 1. The Balaban J connectivity index is 1.91. The van der Waals surface area contributed by atoms with E-state index < -0.39 is 5.79 Å². The lowest BCUT2D eigenvalue weighted by atomic mass is 9.90. The summed E-state index contributed by atoms with van der Waals surface area (Å²) in [6.45, 7) is 1.94. The van der Waals surface area contributed by atoms with Gasteiger partial charge >= 0.3 is 0 Å². The number of nitrogens with two attached hydrogens (primary N) is 2. The molecule has 0 spiro atoms. The van der Waals surface area contributed by atoms with Crippen molar-refractivity contribution in [2.75, 3.05) is 18.4 Å². The second kappa shape index (κ2) is 3.71. The number of aliphatic imine (C=N–C) groups is 1. The van der Waals surface area contributed by atoms with E-state index >= 15 is 0 Å². The van der Waals surface area contributed by atoms with Crippen molar-refractivity contribution in [1.82, 2.24) is 15.5 Å². The Morgan fingerprint density at radius 3 is 2.88 bits per heavy atom. The van der Waals surface area contributed by atoms with Gasteiger partial charge in [0.15, 0.2) is 5.79 Å². The van der Waals surface area contributed by atoms with Crippen LogP contribution in [-0.4, -0.2) is 34.9 Å². The molecule has 17 heavy (non-hydrogen) atoms. The van der Waals surface area contributed by atoms with Crippen molar-refractivity contribution in [3.8, 4) is 0 Å². The van der Waals surface area contributed by atoms with E-state index in [-0.39, 0.29) is 5.92 Å². The second-order valence-corrected chi connectivity index (χ2v) is 4.63. The van der Waals surface area contributed by atoms with E-state index in [1.54, 1.807) is 6.20 Å². The smallest absolute Gasteiger partial charge is 0.188 e. The zero-order valence-electron chi connectivity index (χ0n) is 9.53. The number of amidine groups is 1. The molecular formula is C10H17N7. The minimum absolute atomic E-state index is 0.277. The van der Waals surface area contributed by atoms with Gasteiger partial charge in [-0.1, -0.05) is 0 Å². The Kier molecular flexibility index (Phi) is 2.30. The van der Waals surface area contributed by atoms with Gasteiger partial charge in [0.1, 0.15) is 11.7 Å². The molecule has 0 aromatic carbocycles. The highest BCUT2D eigenvalue weighted by Gasteiger charge is 2.39. The summed E-state index contributed by atoms with van der Waals surface area (Å²) in [5, 5.41) is 13.3. The molecule has 0 radical (unpaired) electrons. The van der Waals surface area contributed by atoms with Crippen LogP contribution in [0, 0.1) is 5.92 Å². The van der Waals surface area contributed by atoms with Crippen LogP contribution in [-0.2, 0) is 0 Å². The van der Waals surface area contributed by atoms with E-state index in [1.807, 2.05) is 0 Å². The van der Waals surface area contributed by atoms with Crippen molar-refractivity contribution in [1.29, 1.82) is 0 Å². The predicted octanol–water partition coefficient (Wildman–Crippen LogP) is -0.847. The molecule has 0 amide bonds. The molecule has 1 unspecified atom stereocenters. The number of hydrogen-bond donors (Lipinski definition) is 5. The highest BCUT2D eigenvalue weighted by Crippen LogP contribution is 2.30. The molecule has 2 aliphatic heterocycles. The molecule has 3 rings (SSSR count). The van der Waals surface area contributed by atoms with E-state index in [9.17, 15) is 0 Å². The number of aromatic nitrogens is 2. The van der Waals surface area contributed by atoms with E-state index in [4.69, 9.17) is 11.5 Å². The first kappa shape index (κ1) is 10.5. The monoisotopic (exact) mass is 235 g/mol. The Morgan fingerprint density at radius 1 is 1.35 bits per heavy atom. The molecule has 7 nitrogen and oxygen atoms in total. The Hall–Kier alpha value is -1.60. The number of fused-ring (bicyclic) bond motifs is 1. The molecule has 1 aromatic heterocycles.